The van der Waals surface area contributed by atoms with Crippen LogP contribution in [-0.2, 0) is 30.6 Å². The summed E-state index contributed by atoms with van der Waals surface area (Å²) in [4.78, 5) is 0. The minimum Gasteiger partial charge on any atom is -0.373 e. The van der Waals surface area contributed by atoms with Crippen LogP contribution in [-0.4, -0.2) is 6.61 Å². The van der Waals surface area contributed by atoms with E-state index in [2.05, 4.69) is 67.8 Å². The Balaban J connectivity index is 1.30. The SMILES string of the molecule is C=CCOCc1ccc(CCc2ccc(CCCCC3CCC(CC=C)CC3)cc2)cc1. The third kappa shape index (κ3) is 8.79. The first-order valence-corrected chi connectivity index (χ1v) is 12.7. The number of hydrogen-bond acceptors (Lipinski definition) is 1. The zero-order chi connectivity index (χ0) is 22.4. The molecule has 32 heavy (non-hydrogen) atoms. The van der Waals surface area contributed by atoms with Gasteiger partial charge in [0.1, 0.15) is 0 Å². The third-order valence-electron chi connectivity index (χ3n) is 7.05. The molecule has 0 heterocycles. The lowest BCUT2D eigenvalue weighted by molar-refractivity contribution is 0.149. The second kappa shape index (κ2) is 14.1. The van der Waals surface area contributed by atoms with Crippen molar-refractivity contribution in [2.45, 2.75) is 77.2 Å². The monoisotopic (exact) mass is 430 g/mol. The molecule has 0 unspecified atom stereocenters. The van der Waals surface area contributed by atoms with Crippen molar-refractivity contribution in [3.8, 4) is 0 Å². The quantitative estimate of drug-likeness (QED) is 0.216. The number of benzene rings is 2. The summed E-state index contributed by atoms with van der Waals surface area (Å²) in [6, 6.07) is 18.1. The minimum atomic E-state index is 0.606. The summed E-state index contributed by atoms with van der Waals surface area (Å²) in [6.07, 6.45) is 18.4. The Morgan fingerprint density at radius 3 is 1.75 bits per heavy atom. The Hall–Kier alpha value is -2.12. The van der Waals surface area contributed by atoms with Gasteiger partial charge in [0.05, 0.1) is 13.2 Å². The predicted octanol–water partition coefficient (Wildman–Crippen LogP) is 8.27. The maximum Gasteiger partial charge on any atom is 0.0721 e. The van der Waals surface area contributed by atoms with Crippen LogP contribution in [0, 0.1) is 11.8 Å². The number of hydrogen-bond donors (Lipinski definition) is 0. The molecule has 1 aliphatic rings. The summed E-state index contributed by atoms with van der Waals surface area (Å²) in [6.45, 7) is 8.84. The molecule has 0 amide bonds. The lowest BCUT2D eigenvalue weighted by Crippen LogP contribution is -2.14. The molecule has 0 saturated heterocycles. The van der Waals surface area contributed by atoms with Gasteiger partial charge in [-0.25, -0.2) is 0 Å². The van der Waals surface area contributed by atoms with Gasteiger partial charge in [0.25, 0.3) is 0 Å². The Bertz CT molecular complexity index is 778. The largest absolute Gasteiger partial charge is 0.373 e. The fourth-order valence-electron chi connectivity index (χ4n) is 4.98. The molecule has 1 heteroatoms. The molecule has 3 rings (SSSR count). The number of unbranched alkanes of at least 4 members (excludes halogenated alkanes) is 1. The normalized spacial score (nSPS) is 18.4. The highest BCUT2D eigenvalue weighted by Gasteiger charge is 2.19. The molecule has 1 aliphatic carbocycles. The first-order chi connectivity index (χ1) is 15.8. The van der Waals surface area contributed by atoms with Gasteiger partial charge in [-0.05, 0) is 79.0 Å². The Morgan fingerprint density at radius 2 is 1.19 bits per heavy atom. The highest BCUT2D eigenvalue weighted by Crippen LogP contribution is 2.33. The molecule has 2 aromatic rings. The van der Waals surface area contributed by atoms with E-state index in [1.165, 1.54) is 80.0 Å². The standard InChI is InChI=1S/C31H42O/c1-3-7-26-10-12-27(13-11-26)8-5-6-9-28-14-16-29(17-15-28)18-19-30-20-22-31(23-21-30)25-32-24-4-2/h3-4,14-17,20-23,26-27H,1-2,5-13,18-19,24-25H2. The van der Waals surface area contributed by atoms with Crippen molar-refractivity contribution in [1.82, 2.24) is 0 Å². The van der Waals surface area contributed by atoms with E-state index in [4.69, 9.17) is 4.74 Å². The Morgan fingerprint density at radius 1 is 0.656 bits per heavy atom. The lowest BCUT2D eigenvalue weighted by Gasteiger charge is -2.27. The van der Waals surface area contributed by atoms with Crippen LogP contribution in [0.25, 0.3) is 0 Å². The average molecular weight is 431 g/mol. The molecule has 0 N–H and O–H groups in total. The molecule has 0 atom stereocenters. The van der Waals surface area contributed by atoms with Gasteiger partial charge >= 0.3 is 0 Å². The van der Waals surface area contributed by atoms with Crippen LogP contribution in [0.4, 0.5) is 0 Å². The third-order valence-corrected chi connectivity index (χ3v) is 7.05. The maximum absolute atomic E-state index is 5.51. The molecular formula is C31H42O. The number of rotatable bonds is 14. The van der Waals surface area contributed by atoms with Crippen molar-refractivity contribution in [2.75, 3.05) is 6.61 Å². The summed E-state index contributed by atoms with van der Waals surface area (Å²) < 4.78 is 5.51. The maximum atomic E-state index is 5.51. The number of ether oxygens (including phenoxy) is 1. The van der Waals surface area contributed by atoms with Crippen molar-refractivity contribution in [2.24, 2.45) is 11.8 Å². The molecule has 0 bridgehead atoms. The minimum absolute atomic E-state index is 0.606. The second-order valence-corrected chi connectivity index (χ2v) is 9.59. The molecule has 1 nitrogen and oxygen atoms in total. The number of allylic oxidation sites excluding steroid dienone is 1. The van der Waals surface area contributed by atoms with Gasteiger partial charge in [-0.2, -0.15) is 0 Å². The lowest BCUT2D eigenvalue weighted by atomic mass is 9.78. The van der Waals surface area contributed by atoms with E-state index in [1.54, 1.807) is 6.08 Å². The highest BCUT2D eigenvalue weighted by atomic mass is 16.5. The van der Waals surface area contributed by atoms with E-state index < -0.39 is 0 Å². The Labute approximate surface area is 196 Å². The topological polar surface area (TPSA) is 9.23 Å². The molecule has 172 valence electrons. The van der Waals surface area contributed by atoms with E-state index in [9.17, 15) is 0 Å². The van der Waals surface area contributed by atoms with Gasteiger partial charge in [-0.15, -0.1) is 13.2 Å². The van der Waals surface area contributed by atoms with Gasteiger partial charge in [-0.3, -0.25) is 0 Å². The van der Waals surface area contributed by atoms with Gasteiger partial charge in [-0.1, -0.05) is 86.4 Å². The zero-order valence-electron chi connectivity index (χ0n) is 19.9. The van der Waals surface area contributed by atoms with E-state index in [0.29, 0.717) is 13.2 Å². The van der Waals surface area contributed by atoms with Gasteiger partial charge in [0, 0.05) is 0 Å². The van der Waals surface area contributed by atoms with E-state index >= 15 is 0 Å². The van der Waals surface area contributed by atoms with Gasteiger partial charge in [0.15, 0.2) is 0 Å². The van der Waals surface area contributed by atoms with Crippen LogP contribution in [0.5, 0.6) is 0 Å². The summed E-state index contributed by atoms with van der Waals surface area (Å²) >= 11 is 0. The van der Waals surface area contributed by atoms with Crippen molar-refractivity contribution in [3.63, 3.8) is 0 Å². The molecule has 0 spiro atoms. The Kier molecular flexibility index (Phi) is 10.8. The molecular weight excluding hydrogens is 388 g/mol. The van der Waals surface area contributed by atoms with Crippen molar-refractivity contribution < 1.29 is 4.74 Å². The molecule has 1 fully saturated rings. The van der Waals surface area contributed by atoms with E-state index in [-0.39, 0.29) is 0 Å². The van der Waals surface area contributed by atoms with E-state index in [1.807, 2.05) is 0 Å². The smallest absolute Gasteiger partial charge is 0.0721 e. The molecule has 1 saturated carbocycles. The molecule has 0 aliphatic heterocycles. The van der Waals surface area contributed by atoms with Crippen molar-refractivity contribution in [1.29, 1.82) is 0 Å². The highest BCUT2D eigenvalue weighted by molar-refractivity contribution is 5.26. The predicted molar refractivity (Wildman–Crippen MR) is 138 cm³/mol. The second-order valence-electron chi connectivity index (χ2n) is 9.59. The van der Waals surface area contributed by atoms with E-state index in [0.717, 1.165) is 24.7 Å². The molecule has 0 radical (unpaired) electrons. The fraction of sp³-hybridized carbons (Fsp3) is 0.484. The van der Waals surface area contributed by atoms with Gasteiger partial charge < -0.3 is 4.74 Å². The van der Waals surface area contributed by atoms with Gasteiger partial charge in [0.2, 0.25) is 0 Å². The van der Waals surface area contributed by atoms with Crippen LogP contribution in [0.2, 0.25) is 0 Å². The number of aryl methyl sites for hydroxylation is 3. The molecule has 0 aromatic heterocycles. The average Bonchev–Trinajstić information content (AvgIpc) is 2.83. The van der Waals surface area contributed by atoms with Crippen molar-refractivity contribution >= 4 is 0 Å². The summed E-state index contributed by atoms with van der Waals surface area (Å²) in [5.74, 6) is 1.90. The summed E-state index contributed by atoms with van der Waals surface area (Å²) in [5, 5.41) is 0. The van der Waals surface area contributed by atoms with Crippen LogP contribution in [0.15, 0.2) is 73.8 Å². The summed E-state index contributed by atoms with van der Waals surface area (Å²) in [7, 11) is 0. The van der Waals surface area contributed by atoms with Crippen LogP contribution >= 0.6 is 0 Å². The van der Waals surface area contributed by atoms with Crippen LogP contribution in [0.3, 0.4) is 0 Å². The van der Waals surface area contributed by atoms with Crippen molar-refractivity contribution in [3.05, 3.63) is 96.1 Å². The fourth-order valence-corrected chi connectivity index (χ4v) is 4.98. The van der Waals surface area contributed by atoms with Crippen LogP contribution in [0.1, 0.15) is 73.6 Å². The first kappa shape index (κ1) is 24.5. The summed E-state index contributed by atoms with van der Waals surface area (Å²) in [5.41, 5.74) is 5.54. The molecule has 2 aromatic carbocycles. The zero-order valence-corrected chi connectivity index (χ0v) is 19.9. The van der Waals surface area contributed by atoms with Crippen LogP contribution < -0.4 is 0 Å². The first-order valence-electron chi connectivity index (χ1n) is 12.7.